The van der Waals surface area contributed by atoms with Gasteiger partial charge in [0.15, 0.2) is 0 Å². The predicted octanol–water partition coefficient (Wildman–Crippen LogP) is 2.43. The van der Waals surface area contributed by atoms with Gasteiger partial charge in [0.2, 0.25) is 0 Å². The van der Waals surface area contributed by atoms with Crippen LogP contribution in [-0.2, 0) is 6.54 Å². The number of aromatic nitrogens is 2. The number of hydrogen-bond donors (Lipinski definition) is 1. The van der Waals surface area contributed by atoms with Gasteiger partial charge >= 0.3 is 0 Å². The summed E-state index contributed by atoms with van der Waals surface area (Å²) in [5, 5.41) is 6.30. The van der Waals surface area contributed by atoms with E-state index in [-0.39, 0.29) is 17.0 Å². The number of nitrogens with zero attached hydrogens (tertiary/aromatic N) is 3. The summed E-state index contributed by atoms with van der Waals surface area (Å²) in [6.07, 6.45) is 5.95. The van der Waals surface area contributed by atoms with E-state index in [1.165, 1.54) is 37.0 Å². The number of piperazine rings is 1. The van der Waals surface area contributed by atoms with Crippen molar-refractivity contribution in [1.29, 1.82) is 0 Å². The fourth-order valence-corrected chi connectivity index (χ4v) is 4.55. The quantitative estimate of drug-likeness (QED) is 0.906. The van der Waals surface area contributed by atoms with Gasteiger partial charge in [-0.15, -0.1) is 0 Å². The Bertz CT molecular complexity index is 822. The fraction of sp³-hybridized carbons (Fsp3) is 0.476. The molecule has 1 aromatic carbocycles. The van der Waals surface area contributed by atoms with E-state index in [2.05, 4.69) is 39.4 Å². The number of rotatable bonds is 3. The second-order valence-electron chi connectivity index (χ2n) is 7.73. The van der Waals surface area contributed by atoms with Gasteiger partial charge in [0.05, 0.1) is 0 Å². The van der Waals surface area contributed by atoms with Crippen molar-refractivity contribution in [3.8, 4) is 0 Å². The second kappa shape index (κ2) is 7.64. The van der Waals surface area contributed by atoms with Crippen LogP contribution in [0.15, 0.2) is 47.3 Å². The van der Waals surface area contributed by atoms with Gasteiger partial charge in [-0.05, 0) is 24.5 Å². The standard InChI is InChI=1S/C21H26N4O2/c26-19-10-9-18(22-23-19)20(27)24-13-14-25(15-17-7-3-1-4-8-17)21(16-24)11-5-2-6-12-21/h1,3-4,7-10H,2,5-6,11-16H2,(H,23,26). The minimum Gasteiger partial charge on any atom is -0.334 e. The molecule has 27 heavy (non-hydrogen) atoms. The normalized spacial score (nSPS) is 19.9. The predicted molar refractivity (Wildman–Crippen MR) is 103 cm³/mol. The average molecular weight is 366 g/mol. The SMILES string of the molecule is O=C(c1ccc(=O)[nH]n1)N1CCN(Cc2ccccc2)C2(CCCCC2)C1. The maximum Gasteiger partial charge on any atom is 0.274 e. The van der Waals surface area contributed by atoms with Crippen LogP contribution in [-0.4, -0.2) is 51.1 Å². The lowest BCUT2D eigenvalue weighted by atomic mass is 9.78. The molecule has 0 atom stereocenters. The second-order valence-corrected chi connectivity index (χ2v) is 7.73. The van der Waals surface area contributed by atoms with Crippen molar-refractivity contribution in [3.63, 3.8) is 0 Å². The Kier molecular flexibility index (Phi) is 5.07. The van der Waals surface area contributed by atoms with E-state index in [0.29, 0.717) is 12.2 Å². The molecule has 2 aromatic rings. The summed E-state index contributed by atoms with van der Waals surface area (Å²) in [5.41, 5.74) is 1.40. The van der Waals surface area contributed by atoms with Crippen LogP contribution < -0.4 is 5.56 Å². The molecule has 0 bridgehead atoms. The Balaban J connectivity index is 1.54. The number of hydrogen-bond acceptors (Lipinski definition) is 4. The Morgan fingerprint density at radius 2 is 1.81 bits per heavy atom. The van der Waals surface area contributed by atoms with Crippen molar-refractivity contribution in [2.24, 2.45) is 0 Å². The topological polar surface area (TPSA) is 69.3 Å². The molecular formula is C21H26N4O2. The number of benzene rings is 1. The van der Waals surface area contributed by atoms with Crippen LogP contribution in [0, 0.1) is 0 Å². The third-order valence-electron chi connectivity index (χ3n) is 5.98. The molecule has 0 radical (unpaired) electrons. The number of aromatic amines is 1. The van der Waals surface area contributed by atoms with E-state index < -0.39 is 0 Å². The summed E-state index contributed by atoms with van der Waals surface area (Å²) in [5.74, 6) is -0.0874. The van der Waals surface area contributed by atoms with Gasteiger partial charge < -0.3 is 4.90 Å². The molecule has 2 heterocycles. The van der Waals surface area contributed by atoms with Crippen molar-refractivity contribution >= 4 is 5.91 Å². The molecular weight excluding hydrogens is 340 g/mol. The van der Waals surface area contributed by atoms with Gasteiger partial charge in [-0.2, -0.15) is 5.10 Å². The maximum absolute atomic E-state index is 12.9. The van der Waals surface area contributed by atoms with Crippen LogP contribution >= 0.6 is 0 Å². The van der Waals surface area contributed by atoms with Crippen molar-refractivity contribution in [2.75, 3.05) is 19.6 Å². The number of amides is 1. The van der Waals surface area contributed by atoms with E-state index in [9.17, 15) is 9.59 Å². The highest BCUT2D eigenvalue weighted by molar-refractivity contribution is 5.92. The van der Waals surface area contributed by atoms with E-state index >= 15 is 0 Å². The molecule has 6 heteroatoms. The fourth-order valence-electron chi connectivity index (χ4n) is 4.55. The van der Waals surface area contributed by atoms with Crippen LogP contribution in [0.25, 0.3) is 0 Å². The molecule has 1 aliphatic heterocycles. The molecule has 1 aliphatic carbocycles. The first-order valence-corrected chi connectivity index (χ1v) is 9.80. The van der Waals surface area contributed by atoms with Crippen molar-refractivity contribution in [2.45, 2.75) is 44.2 Å². The van der Waals surface area contributed by atoms with E-state index in [0.717, 1.165) is 32.5 Å². The largest absolute Gasteiger partial charge is 0.334 e. The Morgan fingerprint density at radius 1 is 1.04 bits per heavy atom. The molecule has 1 aromatic heterocycles. The van der Waals surface area contributed by atoms with Gasteiger partial charge in [-0.1, -0.05) is 49.6 Å². The van der Waals surface area contributed by atoms with Crippen LogP contribution in [0.4, 0.5) is 0 Å². The van der Waals surface area contributed by atoms with E-state index in [1.807, 2.05) is 11.0 Å². The minimum absolute atomic E-state index is 0.0458. The summed E-state index contributed by atoms with van der Waals surface area (Å²) in [6.45, 7) is 3.22. The Morgan fingerprint density at radius 3 is 2.52 bits per heavy atom. The molecule has 2 fully saturated rings. The third-order valence-corrected chi connectivity index (χ3v) is 5.98. The molecule has 4 rings (SSSR count). The molecule has 2 aliphatic rings. The summed E-state index contributed by atoms with van der Waals surface area (Å²) >= 11 is 0. The smallest absolute Gasteiger partial charge is 0.274 e. The molecule has 1 saturated heterocycles. The summed E-state index contributed by atoms with van der Waals surface area (Å²) in [6, 6.07) is 13.5. The van der Waals surface area contributed by atoms with Crippen LogP contribution in [0.3, 0.4) is 0 Å². The first-order valence-electron chi connectivity index (χ1n) is 9.80. The van der Waals surface area contributed by atoms with Gasteiger partial charge in [0, 0.05) is 37.8 Å². The molecule has 6 nitrogen and oxygen atoms in total. The lowest BCUT2D eigenvalue weighted by Crippen LogP contribution is -2.63. The van der Waals surface area contributed by atoms with Crippen molar-refractivity contribution < 1.29 is 4.79 Å². The Hall–Kier alpha value is -2.47. The third kappa shape index (κ3) is 3.81. The van der Waals surface area contributed by atoms with Gasteiger partial charge in [0.25, 0.3) is 11.5 Å². The lowest BCUT2D eigenvalue weighted by molar-refractivity contribution is -0.0254. The van der Waals surface area contributed by atoms with Gasteiger partial charge in [0.1, 0.15) is 5.69 Å². The number of H-pyrrole nitrogens is 1. The number of carbonyl (C=O) groups excluding carboxylic acids is 1. The lowest BCUT2D eigenvalue weighted by Gasteiger charge is -2.53. The number of carbonyl (C=O) groups is 1. The Labute approximate surface area is 159 Å². The molecule has 1 amide bonds. The van der Waals surface area contributed by atoms with Crippen molar-refractivity contribution in [3.05, 3.63) is 64.1 Å². The zero-order valence-corrected chi connectivity index (χ0v) is 15.6. The highest BCUT2D eigenvalue weighted by Gasteiger charge is 2.43. The summed E-state index contributed by atoms with van der Waals surface area (Å²) in [7, 11) is 0. The van der Waals surface area contributed by atoms with Gasteiger partial charge in [-0.25, -0.2) is 5.10 Å². The molecule has 1 N–H and O–H groups in total. The first-order chi connectivity index (χ1) is 13.2. The van der Waals surface area contributed by atoms with Crippen LogP contribution in [0.5, 0.6) is 0 Å². The highest BCUT2D eigenvalue weighted by atomic mass is 16.2. The number of nitrogens with one attached hydrogen (secondary N) is 1. The average Bonchev–Trinajstić information content (AvgIpc) is 2.71. The minimum atomic E-state index is -0.289. The zero-order chi connectivity index (χ0) is 18.7. The first kappa shape index (κ1) is 17.9. The molecule has 142 valence electrons. The molecule has 0 unspecified atom stereocenters. The van der Waals surface area contributed by atoms with E-state index in [1.54, 1.807) is 0 Å². The zero-order valence-electron chi connectivity index (χ0n) is 15.6. The summed E-state index contributed by atoms with van der Waals surface area (Å²) in [4.78, 5) is 28.7. The maximum atomic E-state index is 12.9. The van der Waals surface area contributed by atoms with Crippen LogP contribution in [0.1, 0.15) is 48.2 Å². The van der Waals surface area contributed by atoms with Crippen LogP contribution in [0.2, 0.25) is 0 Å². The van der Waals surface area contributed by atoms with Gasteiger partial charge in [-0.3, -0.25) is 14.5 Å². The molecule has 1 saturated carbocycles. The summed E-state index contributed by atoms with van der Waals surface area (Å²) < 4.78 is 0. The highest BCUT2D eigenvalue weighted by Crippen LogP contribution is 2.37. The van der Waals surface area contributed by atoms with E-state index in [4.69, 9.17) is 0 Å². The molecule has 1 spiro atoms. The monoisotopic (exact) mass is 366 g/mol. The van der Waals surface area contributed by atoms with Crippen molar-refractivity contribution in [1.82, 2.24) is 20.0 Å².